The van der Waals surface area contributed by atoms with Gasteiger partial charge < -0.3 is 20.1 Å². The van der Waals surface area contributed by atoms with Crippen molar-refractivity contribution in [2.45, 2.75) is 25.6 Å². The molecule has 0 amide bonds. The number of esters is 1. The molecule has 3 aromatic rings. The quantitative estimate of drug-likeness (QED) is 0.629. The van der Waals surface area contributed by atoms with Gasteiger partial charge in [0.1, 0.15) is 23.4 Å². The Hall–Kier alpha value is -3.50. The third-order valence-electron chi connectivity index (χ3n) is 4.92. The van der Waals surface area contributed by atoms with Crippen LogP contribution in [-0.4, -0.2) is 52.0 Å². The topological polar surface area (TPSA) is 108 Å². The smallest absolute Gasteiger partial charge is 0.345 e. The lowest BCUT2D eigenvalue weighted by Gasteiger charge is -2.26. The summed E-state index contributed by atoms with van der Waals surface area (Å²) in [6.45, 7) is 1.88. The molecular weight excluding hydrogens is 398 g/mol. The van der Waals surface area contributed by atoms with Crippen LogP contribution in [0.4, 0.5) is 20.4 Å². The highest BCUT2D eigenvalue weighted by molar-refractivity contribution is 6.00. The minimum absolute atomic E-state index is 0.0181. The van der Waals surface area contributed by atoms with E-state index in [1.165, 1.54) is 17.7 Å². The standard InChI is InChI=1S/C19H20F2N6O3/c1-3-30-19(28)15-16(22)25-27-5-4-14(24-17(15)27)26-9-11(21)7-13(26)12-6-10(20)8-23-18(12)29-2/h4-6,8,11,13H,3,7,9H2,1-2H3,(H2,22,25)/t11-,13+/m0/s1. The highest BCUT2D eigenvalue weighted by Crippen LogP contribution is 2.40. The average molecular weight is 418 g/mol. The molecular formula is C19H20F2N6O3. The van der Waals surface area contributed by atoms with Gasteiger partial charge in [-0.1, -0.05) is 0 Å². The molecule has 0 radical (unpaired) electrons. The van der Waals surface area contributed by atoms with Crippen molar-refractivity contribution >= 4 is 23.3 Å². The lowest BCUT2D eigenvalue weighted by atomic mass is 10.1. The largest absolute Gasteiger partial charge is 0.481 e. The Bertz CT molecular complexity index is 1110. The Morgan fingerprint density at radius 1 is 1.43 bits per heavy atom. The number of fused-ring (bicyclic) bond motifs is 1. The van der Waals surface area contributed by atoms with Crippen LogP contribution in [0.5, 0.6) is 5.88 Å². The van der Waals surface area contributed by atoms with E-state index < -0.39 is 24.0 Å². The average Bonchev–Trinajstić information content (AvgIpc) is 3.26. The van der Waals surface area contributed by atoms with Crippen LogP contribution in [0, 0.1) is 5.82 Å². The molecule has 4 rings (SSSR count). The second-order valence-electron chi connectivity index (χ2n) is 6.79. The first-order valence-corrected chi connectivity index (χ1v) is 9.35. The van der Waals surface area contributed by atoms with Crippen molar-refractivity contribution in [2.24, 2.45) is 0 Å². The number of pyridine rings is 1. The van der Waals surface area contributed by atoms with Gasteiger partial charge in [0, 0.05) is 18.2 Å². The fourth-order valence-electron chi connectivity index (χ4n) is 3.68. The van der Waals surface area contributed by atoms with Gasteiger partial charge in [-0.05, 0) is 19.1 Å². The Labute approximate surface area is 170 Å². The van der Waals surface area contributed by atoms with Crippen molar-refractivity contribution in [3.05, 3.63) is 41.5 Å². The van der Waals surface area contributed by atoms with Crippen molar-refractivity contribution in [2.75, 3.05) is 30.9 Å². The summed E-state index contributed by atoms with van der Waals surface area (Å²) < 4.78 is 39.9. The van der Waals surface area contributed by atoms with E-state index >= 15 is 0 Å². The summed E-state index contributed by atoms with van der Waals surface area (Å²) in [6, 6.07) is 2.35. The lowest BCUT2D eigenvalue weighted by Crippen LogP contribution is -2.25. The van der Waals surface area contributed by atoms with Crippen molar-refractivity contribution in [1.82, 2.24) is 19.6 Å². The maximum atomic E-state index is 14.4. The molecule has 0 spiro atoms. The normalized spacial score (nSPS) is 18.7. The lowest BCUT2D eigenvalue weighted by molar-refractivity contribution is 0.0529. The van der Waals surface area contributed by atoms with E-state index in [-0.39, 0.29) is 42.5 Å². The van der Waals surface area contributed by atoms with E-state index in [4.69, 9.17) is 15.2 Å². The summed E-state index contributed by atoms with van der Waals surface area (Å²) in [7, 11) is 1.42. The molecule has 158 valence electrons. The Balaban J connectivity index is 1.79. The summed E-state index contributed by atoms with van der Waals surface area (Å²) in [5.74, 6) is -0.626. The van der Waals surface area contributed by atoms with Crippen LogP contribution < -0.4 is 15.4 Å². The highest BCUT2D eigenvalue weighted by Gasteiger charge is 2.37. The Morgan fingerprint density at radius 2 is 2.23 bits per heavy atom. The molecule has 2 atom stereocenters. The predicted molar refractivity (Wildman–Crippen MR) is 104 cm³/mol. The van der Waals surface area contributed by atoms with Gasteiger partial charge in [-0.2, -0.15) is 0 Å². The maximum absolute atomic E-state index is 14.4. The number of nitrogens with two attached hydrogens (primary N) is 1. The van der Waals surface area contributed by atoms with Gasteiger partial charge in [0.15, 0.2) is 11.5 Å². The van der Waals surface area contributed by atoms with Crippen LogP contribution in [0.3, 0.4) is 0 Å². The summed E-state index contributed by atoms with van der Waals surface area (Å²) in [4.78, 5) is 22.4. The minimum Gasteiger partial charge on any atom is -0.481 e. The summed E-state index contributed by atoms with van der Waals surface area (Å²) in [6.07, 6.45) is 1.56. The van der Waals surface area contributed by atoms with Gasteiger partial charge in [-0.25, -0.2) is 28.1 Å². The van der Waals surface area contributed by atoms with Crippen molar-refractivity contribution in [1.29, 1.82) is 0 Å². The Morgan fingerprint density at radius 3 is 2.97 bits per heavy atom. The summed E-state index contributed by atoms with van der Waals surface area (Å²) in [5, 5.41) is 4.07. The molecule has 0 aliphatic carbocycles. The van der Waals surface area contributed by atoms with Crippen LogP contribution in [0.1, 0.15) is 35.3 Å². The molecule has 1 aliphatic heterocycles. The molecule has 4 heterocycles. The van der Waals surface area contributed by atoms with Crippen LogP contribution in [0.15, 0.2) is 24.5 Å². The molecule has 1 aliphatic rings. The molecule has 0 unspecified atom stereocenters. The van der Waals surface area contributed by atoms with E-state index in [1.54, 1.807) is 24.1 Å². The van der Waals surface area contributed by atoms with Gasteiger partial charge >= 0.3 is 5.97 Å². The molecule has 3 aromatic heterocycles. The molecule has 30 heavy (non-hydrogen) atoms. The second-order valence-corrected chi connectivity index (χ2v) is 6.79. The van der Waals surface area contributed by atoms with E-state index in [9.17, 15) is 13.6 Å². The first kappa shape index (κ1) is 19.8. The summed E-state index contributed by atoms with van der Waals surface area (Å²) >= 11 is 0. The number of aromatic nitrogens is 4. The van der Waals surface area contributed by atoms with Crippen molar-refractivity contribution < 1.29 is 23.0 Å². The number of nitrogen functional groups attached to an aromatic ring is 1. The Kier molecular flexibility index (Phi) is 5.10. The number of alkyl halides is 1. The first-order valence-electron chi connectivity index (χ1n) is 9.35. The summed E-state index contributed by atoms with van der Waals surface area (Å²) in [5.41, 5.74) is 6.51. The second kappa shape index (κ2) is 7.73. The maximum Gasteiger partial charge on any atom is 0.345 e. The van der Waals surface area contributed by atoms with E-state index in [0.29, 0.717) is 11.4 Å². The molecule has 2 N–H and O–H groups in total. The number of hydrogen-bond donors (Lipinski definition) is 1. The zero-order valence-electron chi connectivity index (χ0n) is 16.4. The van der Waals surface area contributed by atoms with Crippen LogP contribution in [0.25, 0.3) is 5.65 Å². The number of ether oxygens (including phenoxy) is 2. The van der Waals surface area contributed by atoms with Gasteiger partial charge in [0.05, 0.1) is 32.5 Å². The van der Waals surface area contributed by atoms with Crippen molar-refractivity contribution in [3.63, 3.8) is 0 Å². The molecule has 1 saturated heterocycles. The van der Waals surface area contributed by atoms with E-state index in [1.807, 2.05) is 0 Å². The fraction of sp³-hybridized carbons (Fsp3) is 0.368. The molecule has 1 fully saturated rings. The highest BCUT2D eigenvalue weighted by atomic mass is 19.1. The number of carbonyl (C=O) groups is 1. The van der Waals surface area contributed by atoms with E-state index in [2.05, 4.69) is 15.1 Å². The molecule has 11 heteroatoms. The SMILES string of the molecule is CCOC(=O)c1c(N)nn2ccc(N3C[C@@H](F)C[C@@H]3c3cc(F)cnc3OC)nc12. The van der Waals surface area contributed by atoms with Gasteiger partial charge in [0.2, 0.25) is 5.88 Å². The minimum atomic E-state index is -1.17. The fourth-order valence-corrected chi connectivity index (χ4v) is 3.68. The zero-order chi connectivity index (χ0) is 21.4. The van der Waals surface area contributed by atoms with Gasteiger partial charge in [-0.15, -0.1) is 5.10 Å². The van der Waals surface area contributed by atoms with Gasteiger partial charge in [-0.3, -0.25) is 0 Å². The molecule has 9 nitrogen and oxygen atoms in total. The first-order chi connectivity index (χ1) is 14.4. The third-order valence-corrected chi connectivity index (χ3v) is 4.92. The number of hydrogen-bond acceptors (Lipinski definition) is 8. The van der Waals surface area contributed by atoms with Crippen LogP contribution in [-0.2, 0) is 4.74 Å². The van der Waals surface area contributed by atoms with Crippen LogP contribution >= 0.6 is 0 Å². The number of methoxy groups -OCH3 is 1. The molecule has 0 bridgehead atoms. The number of halogens is 2. The third kappa shape index (κ3) is 3.36. The number of rotatable bonds is 5. The number of nitrogens with zero attached hydrogens (tertiary/aromatic N) is 5. The number of carbonyl (C=O) groups excluding carboxylic acids is 1. The predicted octanol–water partition coefficient (Wildman–Crippen LogP) is 2.32. The monoisotopic (exact) mass is 418 g/mol. The van der Waals surface area contributed by atoms with E-state index in [0.717, 1.165) is 6.20 Å². The number of anilines is 2. The molecule has 0 aromatic carbocycles. The van der Waals surface area contributed by atoms with Crippen molar-refractivity contribution in [3.8, 4) is 5.88 Å². The van der Waals surface area contributed by atoms with Crippen LogP contribution in [0.2, 0.25) is 0 Å². The molecule has 0 saturated carbocycles. The zero-order valence-corrected chi connectivity index (χ0v) is 16.4. The van der Waals surface area contributed by atoms with Gasteiger partial charge in [0.25, 0.3) is 0 Å².